The van der Waals surface area contributed by atoms with Crippen LogP contribution in [-0.4, -0.2) is 5.21 Å². The first-order chi connectivity index (χ1) is 4.20. The first-order valence-electron chi connectivity index (χ1n) is 2.57. The highest BCUT2D eigenvalue weighted by molar-refractivity contribution is 9.10. The second kappa shape index (κ2) is 2.35. The average Bonchev–Trinajstić information content (AvgIpc) is 1.80. The fourth-order valence-electron chi connectivity index (χ4n) is 0.529. The summed E-state index contributed by atoms with van der Waals surface area (Å²) in [4.78, 5) is 0. The molecule has 0 bridgehead atoms. The van der Waals surface area contributed by atoms with E-state index in [9.17, 15) is 0 Å². The molecule has 1 aromatic rings. The van der Waals surface area contributed by atoms with Crippen LogP contribution in [0, 0.1) is 6.92 Å². The summed E-state index contributed by atoms with van der Waals surface area (Å²) < 4.78 is 1.92. The normalized spacial score (nSPS) is 9.56. The van der Waals surface area contributed by atoms with Gasteiger partial charge in [0.05, 0.1) is 4.47 Å². The van der Waals surface area contributed by atoms with Gasteiger partial charge in [-0.3, -0.25) is 5.21 Å². The Morgan fingerprint density at radius 2 is 2.33 bits per heavy atom. The van der Waals surface area contributed by atoms with E-state index < -0.39 is 0 Å². The summed E-state index contributed by atoms with van der Waals surface area (Å²) in [6, 6.07) is 1.82. The van der Waals surface area contributed by atoms with Crippen LogP contribution in [0.2, 0.25) is 0 Å². The molecule has 0 aliphatic heterocycles. The lowest BCUT2D eigenvalue weighted by Gasteiger charge is -1.89. The SMILES string of the molecule is Cc1cc[n+](O)cc1Br. The number of aromatic nitrogens is 1. The van der Waals surface area contributed by atoms with E-state index >= 15 is 0 Å². The van der Waals surface area contributed by atoms with Gasteiger partial charge in [0.1, 0.15) is 0 Å². The third-order valence-electron chi connectivity index (χ3n) is 1.10. The number of aryl methyl sites for hydroxylation is 1. The van der Waals surface area contributed by atoms with E-state index in [-0.39, 0.29) is 0 Å². The fraction of sp³-hybridized carbons (Fsp3) is 0.167. The Balaban J connectivity index is 3.17. The molecule has 0 aliphatic carbocycles. The Labute approximate surface area is 61.8 Å². The molecule has 0 aromatic carbocycles. The van der Waals surface area contributed by atoms with Crippen molar-refractivity contribution in [2.24, 2.45) is 0 Å². The van der Waals surface area contributed by atoms with Crippen LogP contribution in [0.3, 0.4) is 0 Å². The van der Waals surface area contributed by atoms with E-state index in [2.05, 4.69) is 15.9 Å². The molecular formula is C6H7BrNO+. The molecule has 0 spiro atoms. The molecule has 3 heteroatoms. The molecule has 1 N–H and O–H groups in total. The van der Waals surface area contributed by atoms with Crippen LogP contribution in [0.5, 0.6) is 0 Å². The number of rotatable bonds is 0. The Morgan fingerprint density at radius 3 is 2.78 bits per heavy atom. The van der Waals surface area contributed by atoms with Gasteiger partial charge < -0.3 is 0 Å². The lowest BCUT2D eigenvalue weighted by molar-refractivity contribution is -0.905. The Bertz CT molecular complexity index is 224. The van der Waals surface area contributed by atoms with Crippen LogP contribution in [0.4, 0.5) is 0 Å². The van der Waals surface area contributed by atoms with E-state index in [1.165, 1.54) is 0 Å². The standard InChI is InChI=1S/C6H7BrNO/c1-5-2-3-8(9)4-6(5)7/h2-4,9H,1H3/q+1. The van der Waals surface area contributed by atoms with Gasteiger partial charge in [0, 0.05) is 10.8 Å². The summed E-state index contributed by atoms with van der Waals surface area (Å²) >= 11 is 3.27. The largest absolute Gasteiger partial charge is 0.285 e. The summed E-state index contributed by atoms with van der Waals surface area (Å²) in [6.45, 7) is 1.96. The number of hydrogen-bond acceptors (Lipinski definition) is 1. The summed E-state index contributed by atoms with van der Waals surface area (Å²) in [5.41, 5.74) is 1.11. The lowest BCUT2D eigenvalue weighted by Crippen LogP contribution is -2.28. The molecule has 0 radical (unpaired) electrons. The van der Waals surface area contributed by atoms with Crippen molar-refractivity contribution < 1.29 is 9.94 Å². The van der Waals surface area contributed by atoms with Crippen LogP contribution in [-0.2, 0) is 0 Å². The van der Waals surface area contributed by atoms with Crippen molar-refractivity contribution in [2.45, 2.75) is 6.92 Å². The van der Waals surface area contributed by atoms with E-state index in [0.29, 0.717) is 0 Å². The number of halogens is 1. The van der Waals surface area contributed by atoms with Gasteiger partial charge in [0.25, 0.3) is 0 Å². The van der Waals surface area contributed by atoms with Gasteiger partial charge in [-0.1, -0.05) is 0 Å². The second-order valence-electron chi connectivity index (χ2n) is 1.86. The summed E-state index contributed by atoms with van der Waals surface area (Å²) in [7, 11) is 0. The molecule has 0 amide bonds. The first-order valence-corrected chi connectivity index (χ1v) is 3.36. The number of hydrogen-bond donors (Lipinski definition) is 1. The molecule has 0 fully saturated rings. The van der Waals surface area contributed by atoms with E-state index in [4.69, 9.17) is 5.21 Å². The highest BCUT2D eigenvalue weighted by Gasteiger charge is 1.99. The van der Waals surface area contributed by atoms with Gasteiger partial charge in [-0.2, -0.15) is 0 Å². The maximum Gasteiger partial charge on any atom is 0.236 e. The lowest BCUT2D eigenvalue weighted by atomic mass is 10.3. The predicted molar refractivity (Wildman–Crippen MR) is 36.3 cm³/mol. The van der Waals surface area contributed by atoms with Gasteiger partial charge in [-0.05, 0) is 28.4 Å². The molecule has 9 heavy (non-hydrogen) atoms. The topological polar surface area (TPSA) is 24.1 Å². The van der Waals surface area contributed by atoms with E-state index in [1.54, 1.807) is 12.4 Å². The zero-order valence-corrected chi connectivity index (χ0v) is 6.59. The van der Waals surface area contributed by atoms with Crippen molar-refractivity contribution in [3.8, 4) is 0 Å². The molecule has 0 atom stereocenters. The van der Waals surface area contributed by atoms with Crippen molar-refractivity contribution in [2.75, 3.05) is 0 Å². The highest BCUT2D eigenvalue weighted by atomic mass is 79.9. The third kappa shape index (κ3) is 1.42. The molecule has 0 saturated heterocycles. The molecule has 48 valence electrons. The van der Waals surface area contributed by atoms with Crippen LogP contribution in [0.1, 0.15) is 5.56 Å². The minimum atomic E-state index is 0.910. The van der Waals surface area contributed by atoms with E-state index in [0.717, 1.165) is 14.8 Å². The fourth-order valence-corrected chi connectivity index (χ4v) is 0.871. The van der Waals surface area contributed by atoms with Gasteiger partial charge in [-0.15, -0.1) is 0 Å². The molecule has 1 heterocycles. The molecule has 0 unspecified atom stereocenters. The zero-order chi connectivity index (χ0) is 6.85. The predicted octanol–water partition coefficient (Wildman–Crippen LogP) is 1.28. The molecular weight excluding hydrogens is 182 g/mol. The van der Waals surface area contributed by atoms with Crippen molar-refractivity contribution in [3.05, 3.63) is 28.5 Å². The maximum absolute atomic E-state index is 8.82. The summed E-state index contributed by atoms with van der Waals surface area (Å²) in [5, 5.41) is 8.82. The quantitative estimate of drug-likeness (QED) is 0.482. The molecule has 1 aromatic heterocycles. The molecule has 2 nitrogen and oxygen atoms in total. The highest BCUT2D eigenvalue weighted by Crippen LogP contribution is 2.10. The Morgan fingerprint density at radius 1 is 1.67 bits per heavy atom. The number of nitrogens with zero attached hydrogens (tertiary/aromatic N) is 1. The van der Waals surface area contributed by atoms with Gasteiger partial charge in [-0.25, -0.2) is 0 Å². The average molecular weight is 189 g/mol. The minimum absolute atomic E-state index is 0.910. The van der Waals surface area contributed by atoms with Crippen molar-refractivity contribution in [1.82, 2.24) is 0 Å². The maximum atomic E-state index is 8.82. The number of pyridine rings is 1. The first kappa shape index (κ1) is 6.55. The van der Waals surface area contributed by atoms with Crippen LogP contribution in [0.25, 0.3) is 0 Å². The third-order valence-corrected chi connectivity index (χ3v) is 1.93. The van der Waals surface area contributed by atoms with Crippen LogP contribution < -0.4 is 4.73 Å². The van der Waals surface area contributed by atoms with E-state index in [1.807, 2.05) is 13.0 Å². The monoisotopic (exact) mass is 188 g/mol. The van der Waals surface area contributed by atoms with Crippen LogP contribution in [0.15, 0.2) is 22.9 Å². The second-order valence-corrected chi connectivity index (χ2v) is 2.71. The van der Waals surface area contributed by atoms with Gasteiger partial charge in [0.2, 0.25) is 12.4 Å². The van der Waals surface area contributed by atoms with Crippen LogP contribution >= 0.6 is 15.9 Å². The molecule has 1 rings (SSSR count). The van der Waals surface area contributed by atoms with Gasteiger partial charge >= 0.3 is 0 Å². The smallest absolute Gasteiger partial charge is 0.236 e. The van der Waals surface area contributed by atoms with Gasteiger partial charge in [0.15, 0.2) is 0 Å². The summed E-state index contributed by atoms with van der Waals surface area (Å²) in [5.74, 6) is 0. The van der Waals surface area contributed by atoms with Crippen molar-refractivity contribution in [1.29, 1.82) is 0 Å². The zero-order valence-electron chi connectivity index (χ0n) is 5.00. The Hall–Kier alpha value is -0.570. The summed E-state index contributed by atoms with van der Waals surface area (Å²) in [6.07, 6.45) is 3.18. The van der Waals surface area contributed by atoms with Crippen molar-refractivity contribution >= 4 is 15.9 Å². The molecule has 0 saturated carbocycles. The van der Waals surface area contributed by atoms with Crippen molar-refractivity contribution in [3.63, 3.8) is 0 Å². The minimum Gasteiger partial charge on any atom is -0.285 e. The molecule has 0 aliphatic rings. The Kier molecular flexibility index (Phi) is 1.71.